The van der Waals surface area contributed by atoms with Crippen molar-refractivity contribution in [2.45, 2.75) is 33.4 Å². The van der Waals surface area contributed by atoms with Gasteiger partial charge in [0, 0.05) is 16.5 Å². The minimum atomic E-state index is -5.17. The molecule has 0 aliphatic rings. The van der Waals surface area contributed by atoms with Crippen molar-refractivity contribution in [3.63, 3.8) is 0 Å². The molecule has 0 saturated heterocycles. The van der Waals surface area contributed by atoms with Gasteiger partial charge in [0.25, 0.3) is 20.2 Å². The highest BCUT2D eigenvalue weighted by atomic mass is 32.3. The second-order valence-electron chi connectivity index (χ2n) is 19.0. The molecule has 9 aromatic rings. The number of nitrogens with zero attached hydrogens (tertiary/aromatic N) is 10. The standard InChI is InChI=1S/C51H40N14O24S4/c1-18-52-48(60-50(54-18)58-33-16-25(90(78,79)80)9-22-13-35(92(84,85)86)39(41(66)37(22)33)64-62-31-11-20(43(68)69)3-6-27(31)45(72)73)56-24-5-8-30(29(15-24)47(76)77)57-49-53-19(2)55-51(61-49)59-34-17-26(91(81,82)83)10-23-14-36(93(87,88)89)40(42(67)38(23)34)65-63-32-12-21(44(70)71)4-7-28(32)46(74)75/h3-17,66-67,84-89H,1-2H3,(H,68,69)(H,70,71)(H,72,73)(H,74,75)(H,76,77)(H,78,79,80)(H,81,82,83)(H2,52,54,56,58,60)(H2,53,55,57,59,61). The summed E-state index contributed by atoms with van der Waals surface area (Å²) in [6.45, 7) is 2.67. The van der Waals surface area contributed by atoms with Crippen molar-refractivity contribution < 1.29 is 113 Å². The van der Waals surface area contributed by atoms with Gasteiger partial charge in [-0.15, -0.1) is 20.5 Å². The van der Waals surface area contributed by atoms with E-state index in [1.165, 1.54) is 26.0 Å². The van der Waals surface area contributed by atoms with Crippen molar-refractivity contribution in [2.75, 3.05) is 21.3 Å². The smallest absolute Gasteiger partial charge is 0.337 e. The first-order valence-corrected chi connectivity index (χ1v) is 30.8. The van der Waals surface area contributed by atoms with Gasteiger partial charge in [-0.05, 0) is 116 Å². The molecule has 93 heavy (non-hydrogen) atoms. The summed E-state index contributed by atoms with van der Waals surface area (Å²) in [5.41, 5.74) is -7.16. The van der Waals surface area contributed by atoms with Crippen molar-refractivity contribution in [2.24, 2.45) is 20.5 Å². The second-order valence-corrected chi connectivity index (χ2v) is 24.8. The van der Waals surface area contributed by atoms with E-state index < -0.39 is 204 Å². The third-order valence-corrected chi connectivity index (χ3v) is 16.1. The molecule has 38 nitrogen and oxygen atoms in total. The Morgan fingerprint density at radius 1 is 0.398 bits per heavy atom. The average Bonchev–Trinajstić information content (AvgIpc) is 0.756. The van der Waals surface area contributed by atoms with Gasteiger partial charge in [-0.25, -0.2) is 24.0 Å². The molecule has 0 bridgehead atoms. The van der Waals surface area contributed by atoms with Crippen LogP contribution in [-0.4, -0.2) is 149 Å². The van der Waals surface area contributed by atoms with Crippen molar-refractivity contribution in [1.82, 2.24) is 29.9 Å². The first kappa shape index (κ1) is 66.1. The molecule has 9 rings (SSSR count). The third-order valence-electron chi connectivity index (χ3n) is 12.6. The van der Waals surface area contributed by atoms with Gasteiger partial charge < -0.3 is 84.3 Å². The van der Waals surface area contributed by atoms with Crippen LogP contribution in [0.3, 0.4) is 0 Å². The Hall–Kier alpha value is -11.3. The number of phenolic OH excluding ortho intramolecular Hbond substituents is 2. The van der Waals surface area contributed by atoms with Gasteiger partial charge in [0.1, 0.15) is 56.1 Å². The van der Waals surface area contributed by atoms with Gasteiger partial charge in [-0.2, -0.15) is 46.7 Å². The number of hydrogen-bond acceptors (Lipinski definition) is 31. The molecule has 0 unspecified atom stereocenters. The van der Waals surface area contributed by atoms with Crippen LogP contribution in [0.4, 0.5) is 69.3 Å². The molecule has 7 aromatic carbocycles. The van der Waals surface area contributed by atoms with Crippen LogP contribution in [0.1, 0.15) is 63.4 Å². The fourth-order valence-corrected chi connectivity index (χ4v) is 11.1. The number of aryl methyl sites for hydroxylation is 2. The van der Waals surface area contributed by atoms with Gasteiger partial charge in [0.15, 0.2) is 11.5 Å². The number of aromatic nitrogens is 6. The number of benzene rings is 7. The molecule has 482 valence electrons. The summed E-state index contributed by atoms with van der Waals surface area (Å²) in [5.74, 6) is -12.0. The van der Waals surface area contributed by atoms with Crippen LogP contribution in [0, 0.1) is 13.8 Å². The summed E-state index contributed by atoms with van der Waals surface area (Å²) in [4.78, 5) is 81.5. The summed E-state index contributed by atoms with van der Waals surface area (Å²) in [5, 5.41) is 96.2. The minimum Gasteiger partial charge on any atom is -0.505 e. The molecule has 19 N–H and O–H groups in total. The molecule has 42 heteroatoms. The highest BCUT2D eigenvalue weighted by Gasteiger charge is 2.31. The molecular weight excluding hydrogens is 1320 g/mol. The molecule has 0 amide bonds. The number of aromatic hydroxyl groups is 2. The molecule has 0 spiro atoms. The lowest BCUT2D eigenvalue weighted by Crippen LogP contribution is -2.10. The number of carboxylic acids is 5. The van der Waals surface area contributed by atoms with Crippen molar-refractivity contribution in [1.29, 1.82) is 0 Å². The average molecular weight is 1360 g/mol. The number of nitrogens with one attached hydrogen (secondary N) is 4. The van der Waals surface area contributed by atoms with Gasteiger partial charge in [-0.1, -0.05) is 0 Å². The first-order chi connectivity index (χ1) is 43.3. The summed E-state index contributed by atoms with van der Waals surface area (Å²) in [7, 11) is -20.2. The summed E-state index contributed by atoms with van der Waals surface area (Å²) in [6.07, 6.45) is 0. The summed E-state index contributed by atoms with van der Waals surface area (Å²) >= 11 is 0. The SMILES string of the molecule is Cc1nc(Nc2ccc(Nc3nc(C)nc(Nc4cc(S(=O)(=O)O)cc5cc(S(O)(O)O)c(N=Nc6cc(C(=O)O)ccc6C(=O)O)c(O)c45)n3)c(C(=O)O)c2)nc(Nc2cc(S(=O)(=O)O)cc3cc(S(O)(O)O)c(N=Nc4cc(C(=O)O)ccc4C(=O)O)c(O)c23)n1. The monoisotopic (exact) mass is 1360 g/mol. The molecule has 0 aliphatic carbocycles. The zero-order valence-corrected chi connectivity index (χ0v) is 49.4. The van der Waals surface area contributed by atoms with Crippen LogP contribution >= 0.6 is 21.7 Å². The Morgan fingerprint density at radius 3 is 1.11 bits per heavy atom. The predicted molar refractivity (Wildman–Crippen MR) is 323 cm³/mol. The van der Waals surface area contributed by atoms with Crippen LogP contribution in [-0.2, 0) is 20.2 Å². The summed E-state index contributed by atoms with van der Waals surface area (Å²) < 4.78 is 133. The lowest BCUT2D eigenvalue weighted by atomic mass is 10.1. The van der Waals surface area contributed by atoms with E-state index in [-0.39, 0.29) is 29.0 Å². The number of phenols is 2. The van der Waals surface area contributed by atoms with Crippen LogP contribution in [0.2, 0.25) is 0 Å². The van der Waals surface area contributed by atoms with Gasteiger partial charge in [-0.3, -0.25) is 9.11 Å². The molecule has 2 heterocycles. The number of rotatable bonds is 21. The van der Waals surface area contributed by atoms with Gasteiger partial charge in [0.05, 0.1) is 64.5 Å². The predicted octanol–water partition coefficient (Wildman–Crippen LogP) is 10.3. The minimum absolute atomic E-state index is 0.0448. The number of carbonyl (C=O) groups is 5. The lowest BCUT2D eigenvalue weighted by Gasteiger charge is -2.23. The summed E-state index contributed by atoms with van der Waals surface area (Å²) in [6, 6.07) is 13.1. The fraction of sp³-hybridized carbons (Fsp3) is 0.0392. The maximum atomic E-state index is 12.9. The van der Waals surface area contributed by atoms with E-state index in [0.717, 1.165) is 72.8 Å². The van der Waals surface area contributed by atoms with Crippen LogP contribution in [0.25, 0.3) is 21.5 Å². The van der Waals surface area contributed by atoms with Crippen molar-refractivity contribution in [3.8, 4) is 11.5 Å². The number of azo groups is 2. The molecule has 0 radical (unpaired) electrons. The van der Waals surface area contributed by atoms with Crippen molar-refractivity contribution >= 4 is 163 Å². The maximum absolute atomic E-state index is 12.9. The van der Waals surface area contributed by atoms with Gasteiger partial charge in [0.2, 0.25) is 23.8 Å². The Bertz CT molecular complexity index is 5030. The zero-order valence-electron chi connectivity index (χ0n) is 46.1. The van der Waals surface area contributed by atoms with Crippen LogP contribution < -0.4 is 21.3 Å². The largest absolute Gasteiger partial charge is 0.505 e. The topological polar surface area (TPSA) is 632 Å². The van der Waals surface area contributed by atoms with E-state index in [1.54, 1.807) is 0 Å². The quantitative estimate of drug-likeness (QED) is 0.0235. The molecule has 2 aromatic heterocycles. The van der Waals surface area contributed by atoms with Crippen LogP contribution in [0.15, 0.2) is 131 Å². The molecule has 0 fully saturated rings. The maximum Gasteiger partial charge on any atom is 0.337 e. The van der Waals surface area contributed by atoms with E-state index in [0.29, 0.717) is 6.07 Å². The fourth-order valence-electron chi connectivity index (χ4n) is 8.68. The van der Waals surface area contributed by atoms with Crippen molar-refractivity contribution in [3.05, 3.63) is 130 Å². The third kappa shape index (κ3) is 14.5. The Balaban J connectivity index is 1.05. The normalized spacial score (nSPS) is 12.5. The van der Waals surface area contributed by atoms with E-state index in [2.05, 4.69) is 71.6 Å². The van der Waals surface area contributed by atoms with E-state index in [1.807, 2.05) is 0 Å². The highest BCUT2D eigenvalue weighted by molar-refractivity contribution is 8.19. The van der Waals surface area contributed by atoms with Gasteiger partial charge >= 0.3 is 29.8 Å². The lowest BCUT2D eigenvalue weighted by molar-refractivity contribution is 0.0682. The van der Waals surface area contributed by atoms with Crippen LogP contribution in [0.5, 0.6) is 11.5 Å². The number of fused-ring (bicyclic) bond motifs is 2. The Kier molecular flexibility index (Phi) is 17.7. The number of anilines is 8. The Labute approximate surface area is 520 Å². The number of carboxylic acid groups (broad SMARTS) is 5. The molecule has 0 atom stereocenters. The first-order valence-electron chi connectivity index (χ1n) is 24.9. The number of aromatic carboxylic acids is 5. The molecule has 0 saturated carbocycles. The molecule has 0 aliphatic heterocycles. The van der Waals surface area contributed by atoms with E-state index >= 15 is 0 Å². The van der Waals surface area contributed by atoms with E-state index in [9.17, 15) is 113 Å². The zero-order chi connectivity index (χ0) is 68.1. The highest BCUT2D eigenvalue weighted by Crippen LogP contribution is 2.57. The Morgan fingerprint density at radius 2 is 0.763 bits per heavy atom. The molecular formula is C51H40N14O24S4. The van der Waals surface area contributed by atoms with E-state index in [4.69, 9.17) is 0 Å². The number of hydrogen-bond donors (Lipinski definition) is 19. The second kappa shape index (κ2) is 24.8.